The minimum absolute atomic E-state index is 0.243. The van der Waals surface area contributed by atoms with Crippen molar-refractivity contribution in [3.05, 3.63) is 59.7 Å². The molecular weight excluding hydrogens is 371 g/mol. The zero-order valence-electron chi connectivity index (χ0n) is 15.1. The summed E-state index contributed by atoms with van der Waals surface area (Å²) in [6.45, 7) is 1.52. The number of alkyl halides is 3. The van der Waals surface area contributed by atoms with Gasteiger partial charge in [-0.15, -0.1) is 0 Å². The van der Waals surface area contributed by atoms with Crippen molar-refractivity contribution in [2.45, 2.75) is 12.3 Å². The number of hydrogen-bond acceptors (Lipinski definition) is 4. The van der Waals surface area contributed by atoms with Gasteiger partial charge in [0, 0.05) is 24.5 Å². The Labute approximate surface area is 160 Å². The van der Waals surface area contributed by atoms with Gasteiger partial charge in [-0.25, -0.2) is 0 Å². The third-order valence-corrected chi connectivity index (χ3v) is 4.96. The van der Waals surface area contributed by atoms with Gasteiger partial charge >= 0.3 is 6.18 Å². The molecule has 2 aromatic carbocycles. The third-order valence-electron chi connectivity index (χ3n) is 4.96. The number of rotatable bonds is 3. The number of nitrogens with one attached hydrogen (secondary N) is 1. The largest absolute Gasteiger partial charge is 0.406 e. The van der Waals surface area contributed by atoms with Crippen LogP contribution >= 0.6 is 0 Å². The lowest BCUT2D eigenvalue weighted by atomic mass is 10.0. The topological polar surface area (TPSA) is 44.8 Å². The van der Waals surface area contributed by atoms with E-state index in [1.807, 2.05) is 12.1 Å². The monoisotopic (exact) mass is 391 g/mol. The molecule has 0 aliphatic carbocycles. The fourth-order valence-electron chi connectivity index (χ4n) is 3.60. The molecule has 8 heteroatoms. The summed E-state index contributed by atoms with van der Waals surface area (Å²) in [5.41, 5.74) is 2.36. The molecule has 2 aliphatic heterocycles. The molecular formula is C20H20F3N3O2. The van der Waals surface area contributed by atoms with Crippen LogP contribution in [0.25, 0.3) is 0 Å². The van der Waals surface area contributed by atoms with Gasteiger partial charge in [0.15, 0.2) is 0 Å². The van der Waals surface area contributed by atoms with Gasteiger partial charge in [0.1, 0.15) is 12.7 Å². The number of morpholine rings is 1. The van der Waals surface area contributed by atoms with Crippen LogP contribution in [0, 0.1) is 0 Å². The molecule has 0 spiro atoms. The first-order valence-electron chi connectivity index (χ1n) is 9.08. The zero-order valence-corrected chi connectivity index (χ0v) is 15.1. The Balaban J connectivity index is 1.64. The Morgan fingerprint density at radius 1 is 1.04 bits per heavy atom. The van der Waals surface area contributed by atoms with Crippen LogP contribution in [0.5, 0.6) is 0 Å². The number of fused-ring (bicyclic) bond motifs is 1. The lowest BCUT2D eigenvalue weighted by molar-refractivity contribution is -0.144. The van der Waals surface area contributed by atoms with Crippen LogP contribution in [-0.4, -0.2) is 49.8 Å². The Morgan fingerprint density at radius 2 is 1.71 bits per heavy atom. The Bertz CT molecular complexity index is 849. The molecule has 4 rings (SSSR count). The maximum atomic E-state index is 13.1. The highest BCUT2D eigenvalue weighted by Crippen LogP contribution is 2.35. The van der Waals surface area contributed by atoms with Crippen LogP contribution in [0.2, 0.25) is 0 Å². The van der Waals surface area contributed by atoms with E-state index in [0.717, 1.165) is 23.7 Å². The van der Waals surface area contributed by atoms with Crippen molar-refractivity contribution in [1.29, 1.82) is 0 Å². The molecule has 5 nitrogen and oxygen atoms in total. The van der Waals surface area contributed by atoms with Crippen molar-refractivity contribution in [3.8, 4) is 0 Å². The Kier molecular flexibility index (Phi) is 4.89. The van der Waals surface area contributed by atoms with E-state index < -0.39 is 24.8 Å². The van der Waals surface area contributed by atoms with E-state index in [0.29, 0.717) is 24.5 Å². The molecule has 0 saturated carbocycles. The van der Waals surface area contributed by atoms with Gasteiger partial charge in [-0.2, -0.15) is 13.2 Å². The second kappa shape index (κ2) is 7.35. The minimum atomic E-state index is -4.49. The van der Waals surface area contributed by atoms with E-state index in [9.17, 15) is 18.0 Å². The maximum absolute atomic E-state index is 13.1. The molecule has 2 heterocycles. The molecule has 0 bridgehead atoms. The van der Waals surface area contributed by atoms with E-state index in [-0.39, 0.29) is 5.56 Å². The first-order chi connectivity index (χ1) is 13.4. The molecule has 1 amide bonds. The quantitative estimate of drug-likeness (QED) is 0.868. The maximum Gasteiger partial charge on any atom is 0.406 e. The van der Waals surface area contributed by atoms with Gasteiger partial charge in [-0.3, -0.25) is 4.79 Å². The lowest BCUT2D eigenvalue weighted by Gasteiger charge is -2.38. The van der Waals surface area contributed by atoms with Crippen molar-refractivity contribution in [3.63, 3.8) is 0 Å². The van der Waals surface area contributed by atoms with Gasteiger partial charge in [-0.1, -0.05) is 24.3 Å². The van der Waals surface area contributed by atoms with Gasteiger partial charge in [-0.05, 0) is 29.8 Å². The first kappa shape index (κ1) is 18.6. The third kappa shape index (κ3) is 3.77. The van der Waals surface area contributed by atoms with Crippen LogP contribution < -0.4 is 10.2 Å². The first-order valence-corrected chi connectivity index (χ1v) is 9.08. The summed E-state index contributed by atoms with van der Waals surface area (Å²) in [6, 6.07) is 13.9. The lowest BCUT2D eigenvalue weighted by Crippen LogP contribution is -2.47. The van der Waals surface area contributed by atoms with E-state index in [2.05, 4.69) is 10.2 Å². The van der Waals surface area contributed by atoms with Crippen LogP contribution in [0.1, 0.15) is 22.1 Å². The van der Waals surface area contributed by atoms with Crippen LogP contribution in [0.3, 0.4) is 0 Å². The second-order valence-corrected chi connectivity index (χ2v) is 6.83. The van der Waals surface area contributed by atoms with Crippen molar-refractivity contribution < 1.29 is 22.7 Å². The Morgan fingerprint density at radius 3 is 2.39 bits per heavy atom. The fraction of sp³-hybridized carbons (Fsp3) is 0.350. The average molecular weight is 391 g/mol. The number of halogens is 3. The minimum Gasteiger partial charge on any atom is -0.378 e. The second-order valence-electron chi connectivity index (χ2n) is 6.83. The summed E-state index contributed by atoms with van der Waals surface area (Å²) in [6.07, 6.45) is -5.38. The number of carbonyl (C=O) groups excluding carboxylic acids is 1. The molecule has 1 saturated heterocycles. The summed E-state index contributed by atoms with van der Waals surface area (Å²) in [5.74, 6) is -0.631. The SMILES string of the molecule is O=C1c2ccccc2N[C@H](c2ccc(N3CCOCC3)cc2)N1CC(F)(F)F. The highest BCUT2D eigenvalue weighted by Gasteiger charge is 2.40. The molecule has 2 aliphatic rings. The summed E-state index contributed by atoms with van der Waals surface area (Å²) in [7, 11) is 0. The molecule has 1 atom stereocenters. The summed E-state index contributed by atoms with van der Waals surface area (Å²) in [5, 5.41) is 3.09. The number of hydrogen-bond donors (Lipinski definition) is 1. The molecule has 28 heavy (non-hydrogen) atoms. The Hall–Kier alpha value is -2.74. The van der Waals surface area contributed by atoms with E-state index in [1.165, 1.54) is 6.07 Å². The normalized spacial score (nSPS) is 20.0. The number of para-hydroxylation sites is 1. The van der Waals surface area contributed by atoms with Crippen LogP contribution in [-0.2, 0) is 4.74 Å². The predicted octanol–water partition coefficient (Wildman–Crippen LogP) is 3.65. The molecule has 1 N–H and O–H groups in total. The highest BCUT2D eigenvalue weighted by molar-refractivity contribution is 6.01. The highest BCUT2D eigenvalue weighted by atomic mass is 19.4. The number of ether oxygens (including phenoxy) is 1. The van der Waals surface area contributed by atoms with Crippen molar-refractivity contribution in [1.82, 2.24) is 4.90 Å². The van der Waals surface area contributed by atoms with Crippen LogP contribution in [0.4, 0.5) is 24.5 Å². The number of anilines is 2. The predicted molar refractivity (Wildman–Crippen MR) is 99.4 cm³/mol. The molecule has 2 aromatic rings. The van der Waals surface area contributed by atoms with Gasteiger partial charge in [0.25, 0.3) is 5.91 Å². The molecule has 0 unspecified atom stereocenters. The summed E-state index contributed by atoms with van der Waals surface area (Å²) < 4.78 is 44.8. The van der Waals surface area contributed by atoms with Crippen molar-refractivity contribution in [2.24, 2.45) is 0 Å². The van der Waals surface area contributed by atoms with E-state index in [4.69, 9.17) is 4.74 Å². The number of nitrogens with zero attached hydrogens (tertiary/aromatic N) is 2. The van der Waals surface area contributed by atoms with Crippen LogP contribution in [0.15, 0.2) is 48.5 Å². The number of carbonyl (C=O) groups is 1. The van der Waals surface area contributed by atoms with E-state index >= 15 is 0 Å². The summed E-state index contributed by atoms with van der Waals surface area (Å²) in [4.78, 5) is 15.8. The number of benzene rings is 2. The van der Waals surface area contributed by atoms with Gasteiger partial charge in [0.2, 0.25) is 0 Å². The zero-order chi connectivity index (χ0) is 19.7. The standard InChI is InChI=1S/C20H20F3N3O2/c21-20(22,23)13-26-18(24-17-4-2-1-3-16(17)19(26)27)14-5-7-15(8-6-14)25-9-11-28-12-10-25/h1-8,18,24H,9-13H2/t18-/m0/s1. The molecule has 0 radical (unpaired) electrons. The molecule has 1 fully saturated rings. The van der Waals surface area contributed by atoms with Gasteiger partial charge < -0.3 is 19.9 Å². The molecule has 0 aromatic heterocycles. The molecule has 148 valence electrons. The van der Waals surface area contributed by atoms with Gasteiger partial charge in [0.05, 0.1) is 18.8 Å². The van der Waals surface area contributed by atoms with Crippen molar-refractivity contribution >= 4 is 17.3 Å². The van der Waals surface area contributed by atoms with E-state index in [1.54, 1.807) is 30.3 Å². The fourth-order valence-corrected chi connectivity index (χ4v) is 3.60. The smallest absolute Gasteiger partial charge is 0.378 e. The van der Waals surface area contributed by atoms with Crippen molar-refractivity contribution in [2.75, 3.05) is 43.1 Å². The summed E-state index contributed by atoms with van der Waals surface area (Å²) >= 11 is 0. The average Bonchev–Trinajstić information content (AvgIpc) is 2.70. The number of amides is 1.